The summed E-state index contributed by atoms with van der Waals surface area (Å²) in [5.41, 5.74) is 0.568. The van der Waals surface area contributed by atoms with Gasteiger partial charge >= 0.3 is 0 Å². The topological polar surface area (TPSA) is 89.5 Å². The van der Waals surface area contributed by atoms with Crippen LogP contribution in [0.1, 0.15) is 17.3 Å². The fraction of sp³-hybridized carbons (Fsp3) is 0.188. The predicted octanol–water partition coefficient (Wildman–Crippen LogP) is 2.79. The van der Waals surface area contributed by atoms with Crippen LogP contribution in [-0.2, 0) is 20.8 Å². The van der Waals surface area contributed by atoms with Crippen LogP contribution >= 0.6 is 0 Å². The molecule has 0 bridgehead atoms. The number of hydrogen-bond donors (Lipinski definition) is 1. The number of ether oxygens (including phenoxy) is 1. The molecule has 0 heterocycles. The third kappa shape index (κ3) is 4.65. The van der Waals surface area contributed by atoms with Gasteiger partial charge in [0, 0.05) is 11.8 Å². The molecule has 1 atom stereocenters. The summed E-state index contributed by atoms with van der Waals surface area (Å²) in [7, 11) is -4.81. The molecule has 0 spiro atoms. The highest BCUT2D eigenvalue weighted by molar-refractivity contribution is 7.92. The number of nitrogens with one attached hydrogen (secondary N) is 1. The van der Waals surface area contributed by atoms with E-state index in [2.05, 4.69) is 4.72 Å². The van der Waals surface area contributed by atoms with Gasteiger partial charge in [-0.15, -0.1) is 0 Å². The number of anilines is 1. The quantitative estimate of drug-likeness (QED) is 0.793. The third-order valence-electron chi connectivity index (χ3n) is 3.06. The van der Waals surface area contributed by atoms with Gasteiger partial charge in [-0.25, -0.2) is 8.42 Å². The van der Waals surface area contributed by atoms with Crippen molar-refractivity contribution in [3.8, 4) is 11.5 Å². The molecular weight excluding hydrogens is 350 g/mol. The standard InChI is InChI=1S/C16H17NO5S2/c1-11(18)12-8-9-13(17-24(3,20)21)15(10-12)22-14-6-4-5-7-16(14)23(2)19/h4-10,17H,1-3H3. The molecule has 6 nitrogen and oxygen atoms in total. The second-order valence-electron chi connectivity index (χ2n) is 5.14. The van der Waals surface area contributed by atoms with Crippen LogP contribution in [0.15, 0.2) is 47.4 Å². The smallest absolute Gasteiger partial charge is 0.229 e. The maximum absolute atomic E-state index is 11.8. The first kappa shape index (κ1) is 18.2. The lowest BCUT2D eigenvalue weighted by Gasteiger charge is -2.14. The summed E-state index contributed by atoms with van der Waals surface area (Å²) in [6.07, 6.45) is 2.54. The normalized spacial score (nSPS) is 12.5. The van der Waals surface area contributed by atoms with Crippen molar-refractivity contribution in [3.05, 3.63) is 48.0 Å². The maximum Gasteiger partial charge on any atom is 0.229 e. The van der Waals surface area contributed by atoms with Crippen LogP contribution in [0.2, 0.25) is 0 Å². The minimum absolute atomic E-state index is 0.158. The fourth-order valence-corrected chi connectivity index (χ4v) is 3.23. The van der Waals surface area contributed by atoms with Crippen LogP contribution in [0.5, 0.6) is 11.5 Å². The van der Waals surface area contributed by atoms with E-state index < -0.39 is 20.8 Å². The average Bonchev–Trinajstić information content (AvgIpc) is 2.47. The van der Waals surface area contributed by atoms with Gasteiger partial charge in [0.15, 0.2) is 11.5 Å². The number of carbonyl (C=O) groups is 1. The Kier molecular flexibility index (Phi) is 5.40. The summed E-state index contributed by atoms with van der Waals surface area (Å²) in [4.78, 5) is 12.0. The van der Waals surface area contributed by atoms with E-state index in [1.165, 1.54) is 31.4 Å². The van der Waals surface area contributed by atoms with E-state index in [0.29, 0.717) is 16.2 Å². The van der Waals surface area contributed by atoms with Crippen molar-refractivity contribution in [2.24, 2.45) is 0 Å². The zero-order valence-corrected chi connectivity index (χ0v) is 15.0. The third-order valence-corrected chi connectivity index (χ3v) is 4.61. The van der Waals surface area contributed by atoms with Crippen LogP contribution < -0.4 is 9.46 Å². The molecule has 0 fully saturated rings. The second-order valence-corrected chi connectivity index (χ2v) is 8.24. The van der Waals surface area contributed by atoms with Gasteiger partial charge in [-0.3, -0.25) is 13.7 Å². The Morgan fingerprint density at radius 1 is 1.12 bits per heavy atom. The van der Waals surface area contributed by atoms with Crippen LogP contribution in [0, 0.1) is 0 Å². The van der Waals surface area contributed by atoms with Crippen LogP contribution in [0.3, 0.4) is 0 Å². The summed E-state index contributed by atoms with van der Waals surface area (Å²) >= 11 is 0. The number of para-hydroxylation sites is 1. The van der Waals surface area contributed by atoms with Gasteiger partial charge in [0.25, 0.3) is 0 Å². The molecule has 128 valence electrons. The van der Waals surface area contributed by atoms with E-state index in [9.17, 15) is 17.4 Å². The van der Waals surface area contributed by atoms with E-state index in [0.717, 1.165) is 6.26 Å². The van der Waals surface area contributed by atoms with Crippen molar-refractivity contribution >= 4 is 32.3 Å². The van der Waals surface area contributed by atoms with Crippen LogP contribution in [0.25, 0.3) is 0 Å². The molecule has 2 aromatic carbocycles. The number of carbonyl (C=O) groups excluding carboxylic acids is 1. The number of hydrogen-bond acceptors (Lipinski definition) is 5. The molecule has 24 heavy (non-hydrogen) atoms. The van der Waals surface area contributed by atoms with Crippen LogP contribution in [0.4, 0.5) is 5.69 Å². The number of benzene rings is 2. The molecule has 0 saturated heterocycles. The Morgan fingerprint density at radius 3 is 2.38 bits per heavy atom. The van der Waals surface area contributed by atoms with Crippen molar-refractivity contribution in [1.82, 2.24) is 0 Å². The first-order chi connectivity index (χ1) is 11.2. The van der Waals surface area contributed by atoms with Crippen LogP contribution in [-0.4, -0.2) is 30.9 Å². The van der Waals surface area contributed by atoms with E-state index >= 15 is 0 Å². The minimum atomic E-state index is -3.53. The molecule has 0 aliphatic heterocycles. The number of rotatable bonds is 6. The van der Waals surface area contributed by atoms with Gasteiger partial charge < -0.3 is 4.74 Å². The van der Waals surface area contributed by atoms with Gasteiger partial charge in [-0.1, -0.05) is 12.1 Å². The average molecular weight is 367 g/mol. The summed E-state index contributed by atoms with van der Waals surface area (Å²) < 4.78 is 43.0. The van der Waals surface area contributed by atoms with E-state index in [4.69, 9.17) is 4.74 Å². The van der Waals surface area contributed by atoms with Gasteiger partial charge in [0.05, 0.1) is 27.6 Å². The highest BCUT2D eigenvalue weighted by atomic mass is 32.2. The van der Waals surface area contributed by atoms with Gasteiger partial charge in [-0.05, 0) is 37.3 Å². The first-order valence-corrected chi connectivity index (χ1v) is 10.4. The molecule has 8 heteroatoms. The lowest BCUT2D eigenvalue weighted by Crippen LogP contribution is -2.11. The molecule has 0 radical (unpaired) electrons. The highest BCUT2D eigenvalue weighted by Gasteiger charge is 2.15. The Morgan fingerprint density at radius 2 is 1.79 bits per heavy atom. The Labute approximate surface area is 143 Å². The van der Waals surface area contributed by atoms with Crippen molar-refractivity contribution in [1.29, 1.82) is 0 Å². The monoisotopic (exact) mass is 367 g/mol. The maximum atomic E-state index is 11.8. The number of sulfonamides is 1. The molecule has 1 unspecified atom stereocenters. The second kappa shape index (κ2) is 7.14. The SMILES string of the molecule is CC(=O)c1ccc(NS(C)(=O)=O)c(Oc2ccccc2S(C)=O)c1. The Bertz CT molecular complexity index is 906. The summed E-state index contributed by atoms with van der Waals surface area (Å²) in [6.45, 7) is 1.40. The molecule has 0 aromatic heterocycles. The highest BCUT2D eigenvalue weighted by Crippen LogP contribution is 2.34. The predicted molar refractivity (Wildman–Crippen MR) is 93.8 cm³/mol. The molecule has 0 aliphatic rings. The van der Waals surface area contributed by atoms with Gasteiger partial charge in [-0.2, -0.15) is 0 Å². The molecule has 1 N–H and O–H groups in total. The zero-order valence-electron chi connectivity index (χ0n) is 13.4. The van der Waals surface area contributed by atoms with Crippen molar-refractivity contribution in [3.63, 3.8) is 0 Å². The summed E-state index contributed by atoms with van der Waals surface area (Å²) in [5.74, 6) is 0.305. The van der Waals surface area contributed by atoms with Gasteiger partial charge in [0.2, 0.25) is 10.0 Å². The molecule has 0 saturated carbocycles. The number of ketones is 1. The molecule has 0 aliphatic carbocycles. The lowest BCUT2D eigenvalue weighted by molar-refractivity contribution is 0.101. The molecule has 0 amide bonds. The largest absolute Gasteiger partial charge is 0.454 e. The Hall–Kier alpha value is -2.19. The van der Waals surface area contributed by atoms with Gasteiger partial charge in [0.1, 0.15) is 5.75 Å². The zero-order chi connectivity index (χ0) is 17.9. The van der Waals surface area contributed by atoms with Crippen molar-refractivity contribution in [2.75, 3.05) is 17.2 Å². The first-order valence-electron chi connectivity index (χ1n) is 6.90. The molecule has 2 aromatic rings. The number of Topliss-reactive ketones (excluding diaryl/α,β-unsaturated/α-hetero) is 1. The van der Waals surface area contributed by atoms with E-state index in [1.807, 2.05) is 0 Å². The van der Waals surface area contributed by atoms with Crippen molar-refractivity contribution in [2.45, 2.75) is 11.8 Å². The molecule has 2 rings (SSSR count). The summed E-state index contributed by atoms with van der Waals surface area (Å²) in [5, 5.41) is 0. The van der Waals surface area contributed by atoms with E-state index in [-0.39, 0.29) is 17.2 Å². The summed E-state index contributed by atoms with van der Waals surface area (Å²) in [6, 6.07) is 11.1. The fourth-order valence-electron chi connectivity index (χ4n) is 2.00. The lowest BCUT2D eigenvalue weighted by atomic mass is 10.1. The minimum Gasteiger partial charge on any atom is -0.454 e. The Balaban J connectivity index is 2.53. The molecular formula is C16H17NO5S2. The van der Waals surface area contributed by atoms with Crippen molar-refractivity contribution < 1.29 is 22.2 Å². The van der Waals surface area contributed by atoms with E-state index in [1.54, 1.807) is 24.3 Å².